The van der Waals surface area contributed by atoms with Gasteiger partial charge in [0.1, 0.15) is 18.5 Å². The van der Waals surface area contributed by atoms with Gasteiger partial charge in [-0.2, -0.15) is 0 Å². The van der Waals surface area contributed by atoms with Crippen LogP contribution in [0.4, 0.5) is 0 Å². The minimum absolute atomic E-state index is 0.194. The van der Waals surface area contributed by atoms with Crippen LogP contribution in [0.15, 0.2) is 18.2 Å². The van der Waals surface area contributed by atoms with E-state index in [0.717, 1.165) is 0 Å². The molecule has 0 aliphatic carbocycles. The first-order chi connectivity index (χ1) is 9.13. The lowest BCUT2D eigenvalue weighted by Gasteiger charge is -2.13. The average Bonchev–Trinajstić information content (AvgIpc) is 2.40. The SMILES string of the molecule is CCOCCNCC(O)COc1ccc(Cl)c(Cl)c1. The van der Waals surface area contributed by atoms with Gasteiger partial charge in [0, 0.05) is 25.8 Å². The molecule has 108 valence electrons. The predicted molar refractivity (Wildman–Crippen MR) is 77.3 cm³/mol. The van der Waals surface area contributed by atoms with E-state index in [1.54, 1.807) is 18.2 Å². The van der Waals surface area contributed by atoms with E-state index >= 15 is 0 Å². The van der Waals surface area contributed by atoms with E-state index in [9.17, 15) is 5.11 Å². The van der Waals surface area contributed by atoms with Gasteiger partial charge in [0.05, 0.1) is 16.7 Å². The summed E-state index contributed by atoms with van der Waals surface area (Å²) in [6, 6.07) is 4.99. The third-order valence-corrected chi connectivity index (χ3v) is 3.08. The summed E-state index contributed by atoms with van der Waals surface area (Å²) in [6.07, 6.45) is -0.587. The summed E-state index contributed by atoms with van der Waals surface area (Å²) in [4.78, 5) is 0. The van der Waals surface area contributed by atoms with Crippen molar-refractivity contribution >= 4 is 23.2 Å². The fourth-order valence-corrected chi connectivity index (χ4v) is 1.66. The zero-order chi connectivity index (χ0) is 14.1. The Hall–Kier alpha value is -0.520. The summed E-state index contributed by atoms with van der Waals surface area (Å²) < 4.78 is 10.6. The van der Waals surface area contributed by atoms with E-state index in [1.807, 2.05) is 6.92 Å². The number of aliphatic hydroxyl groups is 1. The lowest BCUT2D eigenvalue weighted by molar-refractivity contribution is 0.100. The monoisotopic (exact) mass is 307 g/mol. The molecule has 0 saturated heterocycles. The van der Waals surface area contributed by atoms with E-state index in [0.29, 0.717) is 42.1 Å². The highest BCUT2D eigenvalue weighted by molar-refractivity contribution is 6.42. The molecular weight excluding hydrogens is 289 g/mol. The van der Waals surface area contributed by atoms with Crippen LogP contribution in [-0.4, -0.2) is 44.1 Å². The lowest BCUT2D eigenvalue weighted by atomic mass is 10.3. The van der Waals surface area contributed by atoms with E-state index in [2.05, 4.69) is 5.32 Å². The van der Waals surface area contributed by atoms with Crippen molar-refractivity contribution in [2.45, 2.75) is 13.0 Å². The number of hydrogen-bond donors (Lipinski definition) is 2. The first kappa shape index (κ1) is 16.5. The van der Waals surface area contributed by atoms with Gasteiger partial charge < -0.3 is 19.9 Å². The largest absolute Gasteiger partial charge is 0.491 e. The molecule has 4 nitrogen and oxygen atoms in total. The highest BCUT2D eigenvalue weighted by atomic mass is 35.5. The van der Waals surface area contributed by atoms with Crippen LogP contribution >= 0.6 is 23.2 Å². The van der Waals surface area contributed by atoms with Gasteiger partial charge in [-0.1, -0.05) is 23.2 Å². The van der Waals surface area contributed by atoms with E-state index in [1.165, 1.54) is 0 Å². The molecule has 1 rings (SSSR count). The molecule has 6 heteroatoms. The molecule has 1 aromatic carbocycles. The van der Waals surface area contributed by atoms with Crippen molar-refractivity contribution in [3.05, 3.63) is 28.2 Å². The van der Waals surface area contributed by atoms with E-state index in [-0.39, 0.29) is 6.61 Å². The second-order valence-electron chi connectivity index (χ2n) is 3.94. The Kier molecular flexibility index (Phi) is 8.18. The number of benzene rings is 1. The van der Waals surface area contributed by atoms with Crippen molar-refractivity contribution in [1.82, 2.24) is 5.32 Å². The molecule has 1 atom stereocenters. The summed E-state index contributed by atoms with van der Waals surface area (Å²) in [5.41, 5.74) is 0. The summed E-state index contributed by atoms with van der Waals surface area (Å²) in [6.45, 7) is 4.63. The van der Waals surface area contributed by atoms with Crippen LogP contribution in [0.1, 0.15) is 6.92 Å². The van der Waals surface area contributed by atoms with Crippen LogP contribution in [0.3, 0.4) is 0 Å². The highest BCUT2D eigenvalue weighted by Gasteiger charge is 2.06. The first-order valence-electron chi connectivity index (χ1n) is 6.18. The minimum atomic E-state index is -0.587. The maximum atomic E-state index is 9.70. The molecule has 0 bridgehead atoms. The number of nitrogens with one attached hydrogen (secondary N) is 1. The zero-order valence-electron chi connectivity index (χ0n) is 10.9. The topological polar surface area (TPSA) is 50.7 Å². The Bertz CT molecular complexity index is 377. The van der Waals surface area contributed by atoms with Gasteiger partial charge in [0.2, 0.25) is 0 Å². The Morgan fingerprint density at radius 2 is 2.11 bits per heavy atom. The first-order valence-corrected chi connectivity index (χ1v) is 6.93. The molecule has 0 amide bonds. The molecule has 1 unspecified atom stereocenters. The Labute approximate surface area is 123 Å². The molecule has 0 saturated carbocycles. The quantitative estimate of drug-likeness (QED) is 0.688. The molecule has 0 spiro atoms. The van der Waals surface area contributed by atoms with Crippen LogP contribution in [0, 0.1) is 0 Å². The molecule has 2 N–H and O–H groups in total. The van der Waals surface area contributed by atoms with Crippen LogP contribution in [-0.2, 0) is 4.74 Å². The maximum absolute atomic E-state index is 9.70. The van der Waals surface area contributed by atoms with Crippen molar-refractivity contribution in [3.63, 3.8) is 0 Å². The van der Waals surface area contributed by atoms with Crippen molar-refractivity contribution in [2.24, 2.45) is 0 Å². The van der Waals surface area contributed by atoms with Gasteiger partial charge >= 0.3 is 0 Å². The fourth-order valence-electron chi connectivity index (χ4n) is 1.38. The van der Waals surface area contributed by atoms with Gasteiger partial charge in [-0.3, -0.25) is 0 Å². The second kappa shape index (κ2) is 9.39. The van der Waals surface area contributed by atoms with Crippen LogP contribution in [0.2, 0.25) is 10.0 Å². The maximum Gasteiger partial charge on any atom is 0.121 e. The molecule has 0 aliphatic heterocycles. The summed E-state index contributed by atoms with van der Waals surface area (Å²) in [7, 11) is 0. The summed E-state index contributed by atoms with van der Waals surface area (Å²) in [5.74, 6) is 0.586. The number of hydrogen-bond acceptors (Lipinski definition) is 4. The van der Waals surface area contributed by atoms with Crippen LogP contribution < -0.4 is 10.1 Å². The highest BCUT2D eigenvalue weighted by Crippen LogP contribution is 2.26. The molecule has 0 fully saturated rings. The standard InChI is InChI=1S/C13H19Cl2NO3/c1-2-18-6-5-16-8-10(17)9-19-11-3-4-12(14)13(15)7-11/h3-4,7,10,16-17H,2,5-6,8-9H2,1H3. The molecule has 0 aliphatic rings. The summed E-state index contributed by atoms with van der Waals surface area (Å²) in [5, 5.41) is 13.7. The molecule has 0 aromatic heterocycles. The Morgan fingerprint density at radius 1 is 1.32 bits per heavy atom. The van der Waals surface area contributed by atoms with E-state index in [4.69, 9.17) is 32.7 Å². The number of ether oxygens (including phenoxy) is 2. The summed E-state index contributed by atoms with van der Waals surface area (Å²) >= 11 is 11.7. The molecule has 19 heavy (non-hydrogen) atoms. The molecule has 0 radical (unpaired) electrons. The Morgan fingerprint density at radius 3 is 2.79 bits per heavy atom. The van der Waals surface area contributed by atoms with Crippen LogP contribution in [0.25, 0.3) is 0 Å². The number of rotatable bonds is 9. The molecule has 0 heterocycles. The number of halogens is 2. The van der Waals surface area contributed by atoms with Crippen LogP contribution in [0.5, 0.6) is 5.75 Å². The average molecular weight is 308 g/mol. The Balaban J connectivity index is 2.18. The third kappa shape index (κ3) is 6.99. The third-order valence-electron chi connectivity index (χ3n) is 2.34. The smallest absolute Gasteiger partial charge is 0.121 e. The van der Waals surface area contributed by atoms with E-state index < -0.39 is 6.10 Å². The van der Waals surface area contributed by atoms with Crippen molar-refractivity contribution in [3.8, 4) is 5.75 Å². The van der Waals surface area contributed by atoms with Gasteiger partial charge in [0.15, 0.2) is 0 Å². The van der Waals surface area contributed by atoms with Gasteiger partial charge in [0.25, 0.3) is 0 Å². The van der Waals surface area contributed by atoms with Gasteiger partial charge in [-0.05, 0) is 19.1 Å². The fraction of sp³-hybridized carbons (Fsp3) is 0.538. The minimum Gasteiger partial charge on any atom is -0.491 e. The molecule has 1 aromatic rings. The molecular formula is C13H19Cl2NO3. The second-order valence-corrected chi connectivity index (χ2v) is 4.76. The number of aliphatic hydroxyl groups excluding tert-OH is 1. The van der Waals surface area contributed by atoms with Crippen molar-refractivity contribution < 1.29 is 14.6 Å². The van der Waals surface area contributed by atoms with Gasteiger partial charge in [-0.15, -0.1) is 0 Å². The van der Waals surface area contributed by atoms with Crippen molar-refractivity contribution in [1.29, 1.82) is 0 Å². The van der Waals surface area contributed by atoms with Crippen molar-refractivity contribution in [2.75, 3.05) is 32.9 Å². The zero-order valence-corrected chi connectivity index (χ0v) is 12.4. The predicted octanol–water partition coefficient (Wildman–Crippen LogP) is 2.36. The normalized spacial score (nSPS) is 12.4. The lowest BCUT2D eigenvalue weighted by Crippen LogP contribution is -2.33. The van der Waals surface area contributed by atoms with Gasteiger partial charge in [-0.25, -0.2) is 0 Å².